The third-order valence-corrected chi connectivity index (χ3v) is 5.12. The van der Waals surface area contributed by atoms with Crippen molar-refractivity contribution in [2.45, 2.75) is 49.9 Å². The molecule has 0 aliphatic heterocycles. The van der Waals surface area contributed by atoms with Crippen molar-refractivity contribution in [1.82, 2.24) is 16.0 Å². The zero-order valence-electron chi connectivity index (χ0n) is 17.5. The first-order valence-corrected chi connectivity index (χ1v) is 11.5. The van der Waals surface area contributed by atoms with E-state index in [0.29, 0.717) is 5.75 Å². The van der Waals surface area contributed by atoms with Crippen LogP contribution in [0.25, 0.3) is 0 Å². The molecule has 10 N–H and O–H groups in total. The largest absolute Gasteiger partial charge is 0.480 e. The number of primary amides is 2. The Morgan fingerprint density at radius 1 is 0.875 bits per heavy atom. The van der Waals surface area contributed by atoms with Gasteiger partial charge in [0.1, 0.15) is 18.1 Å². The van der Waals surface area contributed by atoms with Gasteiger partial charge in [0.2, 0.25) is 29.5 Å². The molecule has 0 bridgehead atoms. The molecule has 0 aromatic heterocycles. The minimum absolute atomic E-state index is 0.145. The van der Waals surface area contributed by atoms with Crippen molar-refractivity contribution in [1.29, 1.82) is 0 Å². The van der Waals surface area contributed by atoms with Crippen LogP contribution in [0.15, 0.2) is 0 Å². The number of rotatable bonds is 16. The van der Waals surface area contributed by atoms with Crippen LogP contribution in [-0.2, 0) is 28.8 Å². The maximum absolute atomic E-state index is 12.6. The monoisotopic (exact) mass is 494 g/mol. The number of carbonyl (C=O) groups is 6. The van der Waals surface area contributed by atoms with E-state index in [4.69, 9.17) is 17.2 Å². The lowest BCUT2D eigenvalue weighted by Crippen LogP contribution is -2.58. The molecule has 0 radical (unpaired) electrons. The highest BCUT2D eigenvalue weighted by Crippen LogP contribution is 2.05. The van der Waals surface area contributed by atoms with E-state index in [1.807, 2.05) is 0 Å². The highest BCUT2D eigenvalue weighted by Gasteiger charge is 2.30. The van der Waals surface area contributed by atoms with E-state index in [2.05, 4.69) is 28.6 Å². The lowest BCUT2D eigenvalue weighted by atomic mass is 10.1. The first-order valence-electron chi connectivity index (χ1n) is 9.48. The molecule has 13 nitrogen and oxygen atoms in total. The first-order chi connectivity index (χ1) is 14.9. The fourth-order valence-electron chi connectivity index (χ4n) is 2.38. The second-order valence-corrected chi connectivity index (χ2v) is 8.12. The third-order valence-electron chi connectivity index (χ3n) is 4.11. The molecule has 15 heteroatoms. The SMILES string of the molecule is CSCCC(NC(=O)C(CCC(N)=O)NC(=O)C(CS)NC(=O)C(N)CC(N)=O)C(=O)O. The van der Waals surface area contributed by atoms with Crippen LogP contribution in [0.2, 0.25) is 0 Å². The molecule has 0 saturated heterocycles. The Kier molecular flexibility index (Phi) is 14.1. The molecule has 4 atom stereocenters. The number of carbonyl (C=O) groups excluding carboxylic acids is 5. The number of carboxylic acid groups (broad SMARTS) is 1. The summed E-state index contributed by atoms with van der Waals surface area (Å²) in [7, 11) is 0. The van der Waals surface area contributed by atoms with Gasteiger partial charge in [-0.1, -0.05) is 0 Å². The van der Waals surface area contributed by atoms with Gasteiger partial charge >= 0.3 is 5.97 Å². The molecular formula is C17H30N6O7S2. The third kappa shape index (κ3) is 11.8. The molecule has 0 fully saturated rings. The summed E-state index contributed by atoms with van der Waals surface area (Å²) < 4.78 is 0. The minimum atomic E-state index is -1.30. The zero-order valence-corrected chi connectivity index (χ0v) is 19.2. The summed E-state index contributed by atoms with van der Waals surface area (Å²) >= 11 is 5.38. The van der Waals surface area contributed by atoms with E-state index < -0.39 is 66.1 Å². The van der Waals surface area contributed by atoms with E-state index in [9.17, 15) is 33.9 Å². The van der Waals surface area contributed by atoms with Crippen LogP contribution in [-0.4, -0.2) is 82.5 Å². The van der Waals surface area contributed by atoms with Crippen molar-refractivity contribution in [3.05, 3.63) is 0 Å². The summed E-state index contributed by atoms with van der Waals surface area (Å²) in [4.78, 5) is 70.6. The van der Waals surface area contributed by atoms with Gasteiger partial charge in [0.15, 0.2) is 0 Å². The number of amides is 5. The average molecular weight is 495 g/mol. The van der Waals surface area contributed by atoms with Gasteiger partial charge < -0.3 is 38.3 Å². The summed E-state index contributed by atoms with van der Waals surface area (Å²) in [5.41, 5.74) is 15.6. The van der Waals surface area contributed by atoms with Gasteiger partial charge in [-0.15, -0.1) is 0 Å². The highest BCUT2D eigenvalue weighted by atomic mass is 32.2. The van der Waals surface area contributed by atoms with E-state index in [1.54, 1.807) is 6.26 Å². The topological polar surface area (TPSA) is 237 Å². The molecule has 5 amide bonds. The van der Waals surface area contributed by atoms with E-state index in [0.717, 1.165) is 0 Å². The summed E-state index contributed by atoms with van der Waals surface area (Å²) in [6, 6.07) is -5.02. The summed E-state index contributed by atoms with van der Waals surface area (Å²) in [5.74, 6) is -5.01. The maximum Gasteiger partial charge on any atom is 0.326 e. The van der Waals surface area contributed by atoms with Gasteiger partial charge in [-0.05, 0) is 24.9 Å². The number of hydrogen-bond acceptors (Lipinski definition) is 9. The van der Waals surface area contributed by atoms with Crippen LogP contribution in [0.1, 0.15) is 25.7 Å². The van der Waals surface area contributed by atoms with Crippen LogP contribution >= 0.6 is 24.4 Å². The molecule has 0 aromatic carbocycles. The number of carboxylic acids is 1. The fraction of sp³-hybridized carbons (Fsp3) is 0.647. The molecule has 0 saturated carbocycles. The second kappa shape index (κ2) is 15.3. The Morgan fingerprint density at radius 3 is 1.88 bits per heavy atom. The van der Waals surface area contributed by atoms with Crippen molar-refractivity contribution >= 4 is 59.9 Å². The molecule has 182 valence electrons. The number of nitrogens with one attached hydrogen (secondary N) is 3. The van der Waals surface area contributed by atoms with Gasteiger partial charge in [-0.3, -0.25) is 24.0 Å². The lowest BCUT2D eigenvalue weighted by Gasteiger charge is -2.24. The number of thioether (sulfide) groups is 1. The van der Waals surface area contributed by atoms with Crippen LogP contribution < -0.4 is 33.2 Å². The summed E-state index contributed by atoms with van der Waals surface area (Å²) in [5, 5.41) is 16.2. The lowest BCUT2D eigenvalue weighted by molar-refractivity contribution is -0.142. The maximum atomic E-state index is 12.6. The van der Waals surface area contributed by atoms with Crippen molar-refractivity contribution in [2.24, 2.45) is 17.2 Å². The average Bonchev–Trinajstić information content (AvgIpc) is 2.70. The zero-order chi connectivity index (χ0) is 24.8. The van der Waals surface area contributed by atoms with E-state index in [-0.39, 0.29) is 25.0 Å². The second-order valence-electron chi connectivity index (χ2n) is 6.77. The van der Waals surface area contributed by atoms with Gasteiger partial charge in [0.25, 0.3) is 0 Å². The first kappa shape index (κ1) is 29.5. The Morgan fingerprint density at radius 2 is 1.41 bits per heavy atom. The number of aliphatic carboxylic acids is 1. The van der Waals surface area contributed by atoms with Crippen LogP contribution in [0.3, 0.4) is 0 Å². The minimum Gasteiger partial charge on any atom is -0.480 e. The van der Waals surface area contributed by atoms with Crippen LogP contribution in [0.4, 0.5) is 0 Å². The van der Waals surface area contributed by atoms with Gasteiger partial charge in [-0.2, -0.15) is 24.4 Å². The van der Waals surface area contributed by atoms with Crippen LogP contribution in [0.5, 0.6) is 0 Å². The molecule has 0 spiro atoms. The Labute approximate surface area is 194 Å². The Hall–Kier alpha value is -2.52. The van der Waals surface area contributed by atoms with E-state index >= 15 is 0 Å². The number of hydrogen-bond donors (Lipinski definition) is 8. The highest BCUT2D eigenvalue weighted by molar-refractivity contribution is 7.98. The standard InChI is InChI=1S/C17H30N6O7S2/c1-32-5-4-10(17(29)30)22-15(27)9(2-3-12(19)24)21-16(28)11(7-31)23-14(26)8(18)6-13(20)25/h8-11,31H,2-7,18H2,1H3,(H2,19,24)(H2,20,25)(H,21,28)(H,22,27)(H,23,26)(H,29,30). The van der Waals surface area contributed by atoms with Crippen molar-refractivity contribution < 1.29 is 33.9 Å². The normalized spacial score (nSPS) is 14.3. The summed E-state index contributed by atoms with van der Waals surface area (Å²) in [6.45, 7) is 0. The van der Waals surface area contributed by atoms with Crippen molar-refractivity contribution in [3.8, 4) is 0 Å². The quantitative estimate of drug-likeness (QED) is 0.1000. The number of nitrogens with two attached hydrogens (primary N) is 3. The van der Waals surface area contributed by atoms with Gasteiger partial charge in [0.05, 0.1) is 12.5 Å². The Balaban J connectivity index is 5.30. The number of thiol groups is 1. The van der Waals surface area contributed by atoms with Crippen LogP contribution in [0, 0.1) is 0 Å². The molecule has 0 rings (SSSR count). The molecule has 32 heavy (non-hydrogen) atoms. The smallest absolute Gasteiger partial charge is 0.326 e. The van der Waals surface area contributed by atoms with Gasteiger partial charge in [-0.25, -0.2) is 4.79 Å². The van der Waals surface area contributed by atoms with Gasteiger partial charge in [0, 0.05) is 12.2 Å². The predicted octanol–water partition coefficient (Wildman–Crippen LogP) is -3.32. The van der Waals surface area contributed by atoms with E-state index in [1.165, 1.54) is 11.8 Å². The Bertz CT molecular complexity index is 709. The molecule has 0 aliphatic carbocycles. The fourth-order valence-corrected chi connectivity index (χ4v) is 3.10. The molecule has 0 heterocycles. The predicted molar refractivity (Wildman–Crippen MR) is 120 cm³/mol. The molecule has 0 aromatic rings. The van der Waals surface area contributed by atoms with Crippen molar-refractivity contribution in [3.63, 3.8) is 0 Å². The summed E-state index contributed by atoms with van der Waals surface area (Å²) in [6.07, 6.45) is 1.02. The molecule has 0 aliphatic rings. The van der Waals surface area contributed by atoms with Crippen molar-refractivity contribution in [2.75, 3.05) is 17.8 Å². The molecule has 4 unspecified atom stereocenters. The molecular weight excluding hydrogens is 464 g/mol.